The standard InChI is InChI=1S/C30H33N3O5/c1-32(2)17-16-27(29(36)33(19-28(34)35)18-21-10-4-3-5-11-21)31-30(37)38-20-26-24-14-8-6-12-22(24)23-13-7-9-15-25(23)26/h3-15,26-27H,16-20H2,1-2H3,(H,31,37)(H,34,35). The van der Waals surface area contributed by atoms with Crippen LogP contribution in [0, 0.1) is 0 Å². The van der Waals surface area contributed by atoms with Crippen LogP contribution in [0.15, 0.2) is 78.9 Å². The Balaban J connectivity index is 1.47. The van der Waals surface area contributed by atoms with Gasteiger partial charge in [-0.25, -0.2) is 4.79 Å². The molecule has 0 saturated carbocycles. The maximum absolute atomic E-state index is 13.5. The molecule has 1 aliphatic carbocycles. The van der Waals surface area contributed by atoms with Gasteiger partial charge in [0.15, 0.2) is 0 Å². The summed E-state index contributed by atoms with van der Waals surface area (Å²) >= 11 is 0. The summed E-state index contributed by atoms with van der Waals surface area (Å²) in [7, 11) is 3.74. The van der Waals surface area contributed by atoms with Gasteiger partial charge in [0.1, 0.15) is 19.2 Å². The molecule has 2 N–H and O–H groups in total. The Morgan fingerprint density at radius 1 is 0.895 bits per heavy atom. The molecule has 1 unspecified atom stereocenters. The van der Waals surface area contributed by atoms with Crippen molar-refractivity contribution in [2.45, 2.75) is 24.9 Å². The van der Waals surface area contributed by atoms with E-state index in [1.807, 2.05) is 85.7 Å². The highest BCUT2D eigenvalue weighted by Crippen LogP contribution is 2.44. The first kappa shape index (κ1) is 26.9. The summed E-state index contributed by atoms with van der Waals surface area (Å²) in [5, 5.41) is 12.2. The summed E-state index contributed by atoms with van der Waals surface area (Å²) < 4.78 is 5.66. The fourth-order valence-corrected chi connectivity index (χ4v) is 4.83. The van der Waals surface area contributed by atoms with E-state index in [0.717, 1.165) is 27.8 Å². The van der Waals surface area contributed by atoms with Crippen LogP contribution in [0.2, 0.25) is 0 Å². The number of carbonyl (C=O) groups excluding carboxylic acids is 2. The number of benzene rings is 3. The summed E-state index contributed by atoms with van der Waals surface area (Å²) in [6.07, 6.45) is -0.403. The average Bonchev–Trinajstić information content (AvgIpc) is 3.23. The summed E-state index contributed by atoms with van der Waals surface area (Å²) in [6, 6.07) is 24.4. The Bertz CT molecular complexity index is 1230. The second-order valence-corrected chi connectivity index (χ2v) is 9.69. The zero-order chi connectivity index (χ0) is 27.1. The molecule has 3 aromatic carbocycles. The minimum absolute atomic E-state index is 0.106. The number of carboxylic acids is 1. The van der Waals surface area contributed by atoms with Gasteiger partial charge in [-0.05, 0) is 54.9 Å². The van der Waals surface area contributed by atoms with Crippen LogP contribution in [0.3, 0.4) is 0 Å². The van der Waals surface area contributed by atoms with Crippen molar-refractivity contribution in [2.75, 3.05) is 33.8 Å². The molecule has 198 valence electrons. The predicted molar refractivity (Wildman–Crippen MR) is 145 cm³/mol. The molecule has 1 atom stereocenters. The normalized spacial score (nSPS) is 12.9. The van der Waals surface area contributed by atoms with Crippen molar-refractivity contribution >= 4 is 18.0 Å². The monoisotopic (exact) mass is 515 g/mol. The van der Waals surface area contributed by atoms with Gasteiger partial charge in [-0.15, -0.1) is 0 Å². The van der Waals surface area contributed by atoms with Crippen LogP contribution in [-0.4, -0.2) is 72.7 Å². The Labute approximate surface area is 222 Å². The molecular formula is C30H33N3O5. The van der Waals surface area contributed by atoms with Gasteiger partial charge in [0.05, 0.1) is 0 Å². The third-order valence-corrected chi connectivity index (χ3v) is 6.65. The fourth-order valence-electron chi connectivity index (χ4n) is 4.83. The molecule has 3 aromatic rings. The molecule has 0 bridgehead atoms. The number of amides is 2. The zero-order valence-electron chi connectivity index (χ0n) is 21.7. The molecule has 8 nitrogen and oxygen atoms in total. The molecular weight excluding hydrogens is 482 g/mol. The number of fused-ring (bicyclic) bond motifs is 3. The lowest BCUT2D eigenvalue weighted by Crippen LogP contribution is -2.50. The summed E-state index contributed by atoms with van der Waals surface area (Å²) in [6.45, 7) is 0.291. The van der Waals surface area contributed by atoms with Crippen LogP contribution >= 0.6 is 0 Å². The number of aliphatic carboxylic acids is 1. The van der Waals surface area contributed by atoms with E-state index in [0.29, 0.717) is 13.0 Å². The van der Waals surface area contributed by atoms with Gasteiger partial charge in [0, 0.05) is 12.5 Å². The van der Waals surface area contributed by atoms with Crippen LogP contribution in [0.5, 0.6) is 0 Å². The number of carboxylic acid groups (broad SMARTS) is 1. The number of carbonyl (C=O) groups is 3. The third kappa shape index (κ3) is 6.58. The summed E-state index contributed by atoms with van der Waals surface area (Å²) in [5.41, 5.74) is 5.24. The van der Waals surface area contributed by atoms with Crippen molar-refractivity contribution < 1.29 is 24.2 Å². The Morgan fingerprint density at radius 2 is 1.47 bits per heavy atom. The van der Waals surface area contributed by atoms with Crippen molar-refractivity contribution in [3.05, 3.63) is 95.6 Å². The lowest BCUT2D eigenvalue weighted by molar-refractivity contribution is -0.145. The Kier molecular flexibility index (Phi) is 8.76. The number of ether oxygens (including phenoxy) is 1. The van der Waals surface area contributed by atoms with E-state index in [1.54, 1.807) is 0 Å². The molecule has 4 rings (SSSR count). The summed E-state index contributed by atoms with van der Waals surface area (Å²) in [4.78, 5) is 41.2. The van der Waals surface area contributed by atoms with Gasteiger partial charge < -0.3 is 25.0 Å². The molecule has 0 spiro atoms. The first-order chi connectivity index (χ1) is 18.3. The van der Waals surface area contributed by atoms with Crippen molar-refractivity contribution in [2.24, 2.45) is 0 Å². The predicted octanol–water partition coefficient (Wildman–Crippen LogP) is 3.96. The fraction of sp³-hybridized carbons (Fsp3) is 0.300. The lowest BCUT2D eigenvalue weighted by atomic mass is 9.98. The zero-order valence-corrected chi connectivity index (χ0v) is 21.7. The van der Waals surface area contributed by atoms with Gasteiger partial charge >= 0.3 is 12.1 Å². The second-order valence-electron chi connectivity index (χ2n) is 9.69. The Morgan fingerprint density at radius 3 is 2.05 bits per heavy atom. The van der Waals surface area contributed by atoms with Crippen molar-refractivity contribution in [3.63, 3.8) is 0 Å². The van der Waals surface area contributed by atoms with Crippen molar-refractivity contribution in [3.8, 4) is 11.1 Å². The van der Waals surface area contributed by atoms with Gasteiger partial charge in [0.2, 0.25) is 5.91 Å². The summed E-state index contributed by atoms with van der Waals surface area (Å²) in [5.74, 6) is -1.70. The Hall–Kier alpha value is -4.17. The second kappa shape index (κ2) is 12.4. The van der Waals surface area contributed by atoms with Gasteiger partial charge in [0.25, 0.3) is 0 Å². The smallest absolute Gasteiger partial charge is 0.407 e. The highest BCUT2D eigenvalue weighted by Gasteiger charge is 2.31. The molecule has 0 aliphatic heterocycles. The number of hydrogen-bond acceptors (Lipinski definition) is 5. The number of nitrogens with one attached hydrogen (secondary N) is 1. The highest BCUT2D eigenvalue weighted by molar-refractivity contribution is 5.88. The SMILES string of the molecule is CN(C)CCC(NC(=O)OCC1c2ccccc2-c2ccccc21)C(=O)N(CC(=O)O)Cc1ccccc1. The van der Waals surface area contributed by atoms with Crippen LogP contribution in [-0.2, 0) is 20.9 Å². The molecule has 1 aliphatic rings. The minimum Gasteiger partial charge on any atom is -0.480 e. The number of hydrogen-bond donors (Lipinski definition) is 2. The quantitative estimate of drug-likeness (QED) is 0.401. The molecule has 38 heavy (non-hydrogen) atoms. The van der Waals surface area contributed by atoms with Crippen LogP contribution < -0.4 is 5.32 Å². The first-order valence-electron chi connectivity index (χ1n) is 12.6. The molecule has 0 saturated heterocycles. The van der Waals surface area contributed by atoms with E-state index in [4.69, 9.17) is 4.74 Å². The largest absolute Gasteiger partial charge is 0.480 e. The molecule has 0 aromatic heterocycles. The van der Waals surface area contributed by atoms with Crippen LogP contribution in [0.25, 0.3) is 11.1 Å². The maximum Gasteiger partial charge on any atom is 0.407 e. The molecule has 2 amide bonds. The van der Waals surface area contributed by atoms with E-state index in [9.17, 15) is 19.5 Å². The maximum atomic E-state index is 13.5. The van der Waals surface area contributed by atoms with Gasteiger partial charge in [-0.2, -0.15) is 0 Å². The lowest BCUT2D eigenvalue weighted by Gasteiger charge is -2.27. The third-order valence-electron chi connectivity index (χ3n) is 6.65. The van der Waals surface area contributed by atoms with E-state index in [2.05, 4.69) is 17.4 Å². The van der Waals surface area contributed by atoms with Crippen LogP contribution in [0.4, 0.5) is 4.79 Å². The van der Waals surface area contributed by atoms with Crippen molar-refractivity contribution in [1.29, 1.82) is 0 Å². The molecule has 0 fully saturated rings. The number of rotatable bonds is 11. The van der Waals surface area contributed by atoms with E-state index < -0.39 is 30.6 Å². The number of nitrogens with zero attached hydrogens (tertiary/aromatic N) is 2. The van der Waals surface area contributed by atoms with Gasteiger partial charge in [-0.3, -0.25) is 9.59 Å². The van der Waals surface area contributed by atoms with E-state index >= 15 is 0 Å². The highest BCUT2D eigenvalue weighted by atomic mass is 16.5. The topological polar surface area (TPSA) is 99.2 Å². The molecule has 8 heteroatoms. The van der Waals surface area contributed by atoms with Crippen molar-refractivity contribution in [1.82, 2.24) is 15.1 Å². The molecule has 0 radical (unpaired) electrons. The molecule has 0 heterocycles. The van der Waals surface area contributed by atoms with E-state index in [-0.39, 0.29) is 19.1 Å². The van der Waals surface area contributed by atoms with Gasteiger partial charge in [-0.1, -0.05) is 78.9 Å². The van der Waals surface area contributed by atoms with Crippen LogP contribution in [0.1, 0.15) is 29.0 Å². The minimum atomic E-state index is -1.12. The number of alkyl carbamates (subject to hydrolysis) is 1. The van der Waals surface area contributed by atoms with E-state index in [1.165, 1.54) is 4.90 Å². The first-order valence-corrected chi connectivity index (χ1v) is 12.6. The average molecular weight is 516 g/mol.